The molecule has 0 aromatic heterocycles. The average molecular weight is 166 g/mol. The topological polar surface area (TPSA) is 78.5 Å². The van der Waals surface area contributed by atoms with Crippen LogP contribution in [0.2, 0.25) is 0 Å². The second-order valence-electron chi connectivity index (χ2n) is 2.23. The van der Waals surface area contributed by atoms with E-state index in [1.807, 2.05) is 18.2 Å². The molecule has 5 N–H and O–H groups in total. The first kappa shape index (κ1) is 8.26. The van der Waals surface area contributed by atoms with Crippen molar-refractivity contribution in [1.82, 2.24) is 0 Å². The lowest BCUT2D eigenvalue weighted by atomic mass is 10.3. The lowest BCUT2D eigenvalue weighted by Gasteiger charge is -2.04. The molecule has 0 aliphatic carbocycles. The highest BCUT2D eigenvalue weighted by Gasteiger charge is 1.97. The summed E-state index contributed by atoms with van der Waals surface area (Å²) in [6.45, 7) is 0. The second kappa shape index (κ2) is 3.52. The standard InChI is InChI=1S/C8H10N2O2/c9-7(8(11)12)10-6-4-2-1-3-5-6/h1-5,10-12H,9H2. The van der Waals surface area contributed by atoms with Crippen molar-refractivity contribution in [2.75, 3.05) is 5.32 Å². The van der Waals surface area contributed by atoms with Crippen molar-refractivity contribution in [2.24, 2.45) is 5.73 Å². The number of nitrogens with one attached hydrogen (secondary N) is 1. The molecule has 0 aliphatic rings. The predicted octanol–water partition coefficient (Wildman–Crippen LogP) is 1.30. The van der Waals surface area contributed by atoms with Crippen LogP contribution >= 0.6 is 0 Å². The van der Waals surface area contributed by atoms with Gasteiger partial charge in [-0.25, -0.2) is 0 Å². The fourth-order valence-electron chi connectivity index (χ4n) is 0.733. The van der Waals surface area contributed by atoms with Crippen molar-refractivity contribution in [2.45, 2.75) is 0 Å². The molecule has 64 valence electrons. The highest BCUT2D eigenvalue weighted by molar-refractivity contribution is 5.47. The fraction of sp³-hybridized carbons (Fsp3) is 0. The van der Waals surface area contributed by atoms with Gasteiger partial charge in [0.15, 0.2) is 5.82 Å². The van der Waals surface area contributed by atoms with Crippen molar-refractivity contribution in [1.29, 1.82) is 0 Å². The maximum Gasteiger partial charge on any atom is 0.316 e. The molecule has 0 aliphatic heterocycles. The van der Waals surface area contributed by atoms with Crippen LogP contribution in [0, 0.1) is 0 Å². The largest absolute Gasteiger partial charge is 0.478 e. The van der Waals surface area contributed by atoms with E-state index in [9.17, 15) is 0 Å². The van der Waals surface area contributed by atoms with Crippen LogP contribution in [-0.2, 0) is 0 Å². The van der Waals surface area contributed by atoms with Crippen LogP contribution in [0.1, 0.15) is 0 Å². The number of anilines is 1. The van der Waals surface area contributed by atoms with Gasteiger partial charge in [0.1, 0.15) is 0 Å². The Morgan fingerprint density at radius 3 is 2.25 bits per heavy atom. The molecule has 0 spiro atoms. The lowest BCUT2D eigenvalue weighted by molar-refractivity contribution is 0.185. The Balaban J connectivity index is 2.72. The summed E-state index contributed by atoms with van der Waals surface area (Å²) in [5.74, 6) is -1.07. The lowest BCUT2D eigenvalue weighted by Crippen LogP contribution is -2.12. The molecule has 12 heavy (non-hydrogen) atoms. The molecular weight excluding hydrogens is 156 g/mol. The highest BCUT2D eigenvalue weighted by atomic mass is 16.5. The van der Waals surface area contributed by atoms with Gasteiger partial charge in [-0.05, 0) is 12.1 Å². The molecule has 0 bridgehead atoms. The fourth-order valence-corrected chi connectivity index (χ4v) is 0.733. The molecule has 0 unspecified atom stereocenters. The van der Waals surface area contributed by atoms with E-state index in [0.717, 1.165) is 0 Å². The summed E-state index contributed by atoms with van der Waals surface area (Å²) in [5, 5.41) is 19.7. The van der Waals surface area contributed by atoms with Crippen molar-refractivity contribution in [3.8, 4) is 0 Å². The van der Waals surface area contributed by atoms with Gasteiger partial charge in [0.25, 0.3) is 0 Å². The molecule has 4 nitrogen and oxygen atoms in total. The summed E-state index contributed by atoms with van der Waals surface area (Å²) < 4.78 is 0. The summed E-state index contributed by atoms with van der Waals surface area (Å²) in [4.78, 5) is 0. The molecule has 0 amide bonds. The SMILES string of the molecule is NC(Nc1ccccc1)=C(O)O. The van der Waals surface area contributed by atoms with E-state index in [2.05, 4.69) is 5.32 Å². The van der Waals surface area contributed by atoms with Crippen molar-refractivity contribution < 1.29 is 10.2 Å². The van der Waals surface area contributed by atoms with Gasteiger partial charge in [0.05, 0.1) is 0 Å². The molecule has 0 saturated carbocycles. The van der Waals surface area contributed by atoms with Gasteiger partial charge in [0, 0.05) is 5.69 Å². The number of rotatable bonds is 2. The molecule has 0 heterocycles. The van der Waals surface area contributed by atoms with E-state index in [0.29, 0.717) is 5.69 Å². The van der Waals surface area contributed by atoms with Crippen molar-refractivity contribution in [3.63, 3.8) is 0 Å². The van der Waals surface area contributed by atoms with Gasteiger partial charge in [-0.1, -0.05) is 18.2 Å². The van der Waals surface area contributed by atoms with E-state index >= 15 is 0 Å². The minimum absolute atomic E-state index is 0.166. The third kappa shape index (κ3) is 2.09. The van der Waals surface area contributed by atoms with Crippen LogP contribution in [0.25, 0.3) is 0 Å². The van der Waals surface area contributed by atoms with Gasteiger partial charge in [-0.2, -0.15) is 0 Å². The van der Waals surface area contributed by atoms with Crippen molar-refractivity contribution in [3.05, 3.63) is 42.1 Å². The average Bonchev–Trinajstić information content (AvgIpc) is 2.06. The minimum Gasteiger partial charge on any atom is -0.478 e. The smallest absolute Gasteiger partial charge is 0.316 e. The molecule has 0 atom stereocenters. The van der Waals surface area contributed by atoms with E-state index < -0.39 is 5.95 Å². The van der Waals surface area contributed by atoms with Crippen LogP contribution < -0.4 is 11.1 Å². The first-order valence-electron chi connectivity index (χ1n) is 3.40. The maximum absolute atomic E-state index is 8.53. The third-order valence-corrected chi connectivity index (χ3v) is 1.29. The molecule has 1 rings (SSSR count). The molecule has 0 saturated heterocycles. The number of hydrogen-bond acceptors (Lipinski definition) is 4. The zero-order chi connectivity index (χ0) is 8.97. The predicted molar refractivity (Wildman–Crippen MR) is 46.5 cm³/mol. The van der Waals surface area contributed by atoms with Gasteiger partial charge in [-0.15, -0.1) is 0 Å². The minimum atomic E-state index is -0.904. The zero-order valence-electron chi connectivity index (χ0n) is 6.36. The van der Waals surface area contributed by atoms with Crippen LogP contribution in [0.5, 0.6) is 0 Å². The third-order valence-electron chi connectivity index (χ3n) is 1.29. The quantitative estimate of drug-likeness (QED) is 0.499. The van der Waals surface area contributed by atoms with Crippen LogP contribution in [0.4, 0.5) is 5.69 Å². The highest BCUT2D eigenvalue weighted by Crippen LogP contribution is 2.06. The summed E-state index contributed by atoms with van der Waals surface area (Å²) in [5.41, 5.74) is 5.92. The zero-order valence-corrected chi connectivity index (χ0v) is 6.36. The van der Waals surface area contributed by atoms with Gasteiger partial charge in [0.2, 0.25) is 0 Å². The Bertz CT molecular complexity index is 278. The Labute approximate surface area is 69.9 Å². The van der Waals surface area contributed by atoms with Crippen LogP contribution in [0.3, 0.4) is 0 Å². The van der Waals surface area contributed by atoms with E-state index in [4.69, 9.17) is 15.9 Å². The summed E-state index contributed by atoms with van der Waals surface area (Å²) >= 11 is 0. The Hall–Kier alpha value is -1.84. The number of nitrogens with two attached hydrogens (primary N) is 1. The van der Waals surface area contributed by atoms with Crippen LogP contribution in [-0.4, -0.2) is 10.2 Å². The molecule has 1 aromatic carbocycles. The molecule has 0 radical (unpaired) electrons. The Morgan fingerprint density at radius 2 is 1.75 bits per heavy atom. The first-order chi connectivity index (χ1) is 5.70. The van der Waals surface area contributed by atoms with E-state index in [1.165, 1.54) is 0 Å². The molecule has 0 fully saturated rings. The number of hydrogen-bond donors (Lipinski definition) is 4. The molecule has 4 heteroatoms. The van der Waals surface area contributed by atoms with Crippen LogP contribution in [0.15, 0.2) is 42.1 Å². The summed E-state index contributed by atoms with van der Waals surface area (Å²) in [6, 6.07) is 8.99. The number of para-hydroxylation sites is 1. The second-order valence-corrected chi connectivity index (χ2v) is 2.23. The van der Waals surface area contributed by atoms with Crippen molar-refractivity contribution >= 4 is 5.69 Å². The number of aliphatic hydroxyl groups is 2. The monoisotopic (exact) mass is 166 g/mol. The molecule has 1 aromatic rings. The number of benzene rings is 1. The van der Waals surface area contributed by atoms with Gasteiger partial charge < -0.3 is 21.3 Å². The maximum atomic E-state index is 8.53. The van der Waals surface area contributed by atoms with E-state index in [-0.39, 0.29) is 5.82 Å². The Morgan fingerprint density at radius 1 is 1.17 bits per heavy atom. The van der Waals surface area contributed by atoms with Gasteiger partial charge >= 0.3 is 5.95 Å². The summed E-state index contributed by atoms with van der Waals surface area (Å²) in [7, 11) is 0. The molecular formula is C8H10N2O2. The number of aliphatic hydroxyl groups excluding tert-OH is 1. The summed E-state index contributed by atoms with van der Waals surface area (Å²) in [6.07, 6.45) is 0. The van der Waals surface area contributed by atoms with E-state index in [1.54, 1.807) is 12.1 Å². The first-order valence-corrected chi connectivity index (χ1v) is 3.40. The Kier molecular flexibility index (Phi) is 2.42. The van der Waals surface area contributed by atoms with Gasteiger partial charge in [-0.3, -0.25) is 0 Å². The normalized spacial score (nSPS) is 9.00.